The van der Waals surface area contributed by atoms with E-state index in [0.717, 1.165) is 11.3 Å². The predicted molar refractivity (Wildman–Crippen MR) is 42.7 cm³/mol. The van der Waals surface area contributed by atoms with E-state index in [0.29, 0.717) is 12.6 Å². The van der Waals surface area contributed by atoms with Gasteiger partial charge in [-0.15, -0.1) is 0 Å². The lowest BCUT2D eigenvalue weighted by molar-refractivity contribution is 0.324. The predicted octanol–water partition coefficient (Wildman–Crippen LogP) is 0.742. The van der Waals surface area contributed by atoms with Gasteiger partial charge in [-0.25, -0.2) is 4.99 Å². The van der Waals surface area contributed by atoms with Crippen LogP contribution in [0.4, 0.5) is 0 Å². The van der Waals surface area contributed by atoms with Gasteiger partial charge < -0.3 is 10.5 Å². The van der Waals surface area contributed by atoms with Crippen molar-refractivity contribution < 1.29 is 4.74 Å². The van der Waals surface area contributed by atoms with Gasteiger partial charge in [-0.05, 0) is 12.1 Å². The minimum absolute atomic E-state index is 0.336. The molecule has 0 amide bonds. The molecule has 1 aromatic carbocycles. The molecule has 1 aliphatic heterocycles. The Bertz CT molecular complexity index is 307. The van der Waals surface area contributed by atoms with E-state index < -0.39 is 0 Å². The third-order valence-corrected chi connectivity index (χ3v) is 1.62. The minimum atomic E-state index is 0.336. The fraction of sp³-hybridized carbons (Fsp3) is 0.125. The number of hydrogen-bond acceptors (Lipinski definition) is 3. The summed E-state index contributed by atoms with van der Waals surface area (Å²) in [6, 6.07) is 7.61. The zero-order valence-electron chi connectivity index (χ0n) is 5.95. The van der Waals surface area contributed by atoms with Crippen molar-refractivity contribution in [1.82, 2.24) is 0 Å². The number of amidine groups is 1. The van der Waals surface area contributed by atoms with Crippen molar-refractivity contribution in [2.75, 3.05) is 6.73 Å². The smallest absolute Gasteiger partial charge is 0.181 e. The van der Waals surface area contributed by atoms with Gasteiger partial charge in [-0.3, -0.25) is 0 Å². The molecular weight excluding hydrogens is 140 g/mol. The van der Waals surface area contributed by atoms with Gasteiger partial charge in [-0.2, -0.15) is 0 Å². The van der Waals surface area contributed by atoms with Gasteiger partial charge in [0.25, 0.3) is 0 Å². The molecular formula is C8H8N2O. The van der Waals surface area contributed by atoms with Crippen LogP contribution >= 0.6 is 0 Å². The second-order valence-electron chi connectivity index (χ2n) is 2.31. The Kier molecular flexibility index (Phi) is 1.28. The maximum atomic E-state index is 5.62. The maximum Gasteiger partial charge on any atom is 0.181 e. The van der Waals surface area contributed by atoms with Crippen LogP contribution < -0.4 is 10.5 Å². The molecule has 0 atom stereocenters. The molecule has 0 saturated heterocycles. The Morgan fingerprint density at radius 3 is 3.00 bits per heavy atom. The standard InChI is InChI=1S/C8H8N2O/c9-8-6-3-1-2-4-7(6)11-5-10-8/h1-4H,5H2,(H2,9,10). The van der Waals surface area contributed by atoms with Crippen molar-refractivity contribution in [3.05, 3.63) is 29.8 Å². The van der Waals surface area contributed by atoms with Crippen molar-refractivity contribution in [2.45, 2.75) is 0 Å². The number of benzene rings is 1. The summed E-state index contributed by atoms with van der Waals surface area (Å²) >= 11 is 0. The van der Waals surface area contributed by atoms with Crippen molar-refractivity contribution in [3.63, 3.8) is 0 Å². The van der Waals surface area contributed by atoms with Crippen molar-refractivity contribution >= 4 is 5.84 Å². The van der Waals surface area contributed by atoms with Gasteiger partial charge in [-0.1, -0.05) is 12.1 Å². The number of rotatable bonds is 0. The molecule has 3 heteroatoms. The van der Waals surface area contributed by atoms with Crippen LogP contribution in [0.2, 0.25) is 0 Å². The van der Waals surface area contributed by atoms with Crippen LogP contribution in [0.15, 0.2) is 29.3 Å². The average molecular weight is 148 g/mol. The van der Waals surface area contributed by atoms with Gasteiger partial charge in [0.1, 0.15) is 11.6 Å². The van der Waals surface area contributed by atoms with Gasteiger partial charge in [0, 0.05) is 0 Å². The van der Waals surface area contributed by atoms with Gasteiger partial charge in [0.2, 0.25) is 0 Å². The van der Waals surface area contributed by atoms with E-state index in [1.807, 2.05) is 24.3 Å². The van der Waals surface area contributed by atoms with Crippen molar-refractivity contribution in [3.8, 4) is 5.75 Å². The van der Waals surface area contributed by atoms with Gasteiger partial charge >= 0.3 is 0 Å². The zero-order chi connectivity index (χ0) is 7.68. The molecule has 0 aliphatic carbocycles. The number of fused-ring (bicyclic) bond motifs is 1. The second-order valence-corrected chi connectivity index (χ2v) is 2.31. The molecule has 3 nitrogen and oxygen atoms in total. The first kappa shape index (κ1) is 6.22. The lowest BCUT2D eigenvalue weighted by Crippen LogP contribution is -2.20. The van der Waals surface area contributed by atoms with Crippen LogP contribution in [0, 0.1) is 0 Å². The first-order valence-corrected chi connectivity index (χ1v) is 3.40. The lowest BCUT2D eigenvalue weighted by atomic mass is 10.2. The summed E-state index contributed by atoms with van der Waals surface area (Å²) in [6.07, 6.45) is 0. The maximum absolute atomic E-state index is 5.62. The second kappa shape index (κ2) is 2.27. The highest BCUT2D eigenvalue weighted by Crippen LogP contribution is 2.19. The number of ether oxygens (including phenoxy) is 1. The molecule has 0 radical (unpaired) electrons. The van der Waals surface area contributed by atoms with E-state index >= 15 is 0 Å². The zero-order valence-corrected chi connectivity index (χ0v) is 5.95. The summed E-state index contributed by atoms with van der Waals surface area (Å²) in [6.45, 7) is 0.336. The molecule has 0 saturated carbocycles. The largest absolute Gasteiger partial charge is 0.470 e. The number of hydrogen-bond donors (Lipinski definition) is 1. The summed E-state index contributed by atoms with van der Waals surface area (Å²) in [5.74, 6) is 1.38. The third-order valence-electron chi connectivity index (χ3n) is 1.62. The fourth-order valence-corrected chi connectivity index (χ4v) is 1.06. The highest BCUT2D eigenvalue weighted by Gasteiger charge is 2.09. The molecule has 1 aromatic rings. The SMILES string of the molecule is NC1=NCOc2ccccc21. The Morgan fingerprint density at radius 2 is 2.18 bits per heavy atom. The third kappa shape index (κ3) is 0.941. The number of aliphatic imine (C=N–C) groups is 1. The Morgan fingerprint density at radius 1 is 1.36 bits per heavy atom. The van der Waals surface area contributed by atoms with Gasteiger partial charge in [0.15, 0.2) is 6.73 Å². The summed E-state index contributed by atoms with van der Waals surface area (Å²) < 4.78 is 5.23. The molecule has 1 heterocycles. The summed E-state index contributed by atoms with van der Waals surface area (Å²) in [5, 5.41) is 0. The van der Waals surface area contributed by atoms with Crippen LogP contribution in [-0.4, -0.2) is 12.6 Å². The van der Waals surface area contributed by atoms with Crippen molar-refractivity contribution in [1.29, 1.82) is 0 Å². The molecule has 0 bridgehead atoms. The molecule has 56 valence electrons. The first-order chi connectivity index (χ1) is 5.38. The Hall–Kier alpha value is -1.51. The molecule has 11 heavy (non-hydrogen) atoms. The molecule has 1 aliphatic rings. The molecule has 0 unspecified atom stereocenters. The summed E-state index contributed by atoms with van der Waals surface area (Å²) in [7, 11) is 0. The normalized spacial score (nSPS) is 14.7. The number of nitrogens with two attached hydrogens (primary N) is 1. The van der Waals surface area contributed by atoms with Crippen molar-refractivity contribution in [2.24, 2.45) is 10.7 Å². The molecule has 0 fully saturated rings. The molecule has 0 aromatic heterocycles. The van der Waals surface area contributed by atoms with Crippen LogP contribution in [0.5, 0.6) is 5.75 Å². The number of nitrogens with zero attached hydrogens (tertiary/aromatic N) is 1. The summed E-state index contributed by atoms with van der Waals surface area (Å²) in [5.41, 5.74) is 6.50. The van der Waals surface area contributed by atoms with Crippen LogP contribution in [0.25, 0.3) is 0 Å². The topological polar surface area (TPSA) is 47.6 Å². The van der Waals surface area contributed by atoms with E-state index in [1.165, 1.54) is 0 Å². The molecule has 2 rings (SSSR count). The van der Waals surface area contributed by atoms with Gasteiger partial charge in [0.05, 0.1) is 5.56 Å². The monoisotopic (exact) mass is 148 g/mol. The Labute approximate surface area is 64.5 Å². The average Bonchev–Trinajstić information content (AvgIpc) is 2.06. The number of para-hydroxylation sites is 1. The Balaban J connectivity index is 2.56. The quantitative estimate of drug-likeness (QED) is 0.590. The van der Waals surface area contributed by atoms with E-state index in [2.05, 4.69) is 4.99 Å². The lowest BCUT2D eigenvalue weighted by Gasteiger charge is -2.13. The van der Waals surface area contributed by atoms with Crippen LogP contribution in [0.3, 0.4) is 0 Å². The molecule has 0 spiro atoms. The minimum Gasteiger partial charge on any atom is -0.470 e. The van der Waals surface area contributed by atoms with Crippen LogP contribution in [-0.2, 0) is 0 Å². The van der Waals surface area contributed by atoms with E-state index in [-0.39, 0.29) is 0 Å². The fourth-order valence-electron chi connectivity index (χ4n) is 1.06. The molecule has 2 N–H and O–H groups in total. The first-order valence-electron chi connectivity index (χ1n) is 3.40. The highest BCUT2D eigenvalue weighted by molar-refractivity contribution is 6.00. The van der Waals surface area contributed by atoms with Crippen LogP contribution in [0.1, 0.15) is 5.56 Å². The van der Waals surface area contributed by atoms with E-state index in [4.69, 9.17) is 10.5 Å². The van der Waals surface area contributed by atoms with E-state index in [9.17, 15) is 0 Å². The van der Waals surface area contributed by atoms with E-state index in [1.54, 1.807) is 0 Å². The summed E-state index contributed by atoms with van der Waals surface area (Å²) in [4.78, 5) is 3.94. The highest BCUT2D eigenvalue weighted by atomic mass is 16.5.